The van der Waals surface area contributed by atoms with Crippen LogP contribution >= 0.6 is 0 Å². The summed E-state index contributed by atoms with van der Waals surface area (Å²) < 4.78 is 44.0. The highest BCUT2D eigenvalue weighted by Gasteiger charge is 2.39. The Morgan fingerprint density at radius 3 is 2.70 bits per heavy atom. The van der Waals surface area contributed by atoms with Gasteiger partial charge in [0.05, 0.1) is 17.9 Å². The van der Waals surface area contributed by atoms with Crippen LogP contribution in [0.4, 0.5) is 23.7 Å². The standard InChI is InChI=1S/C18H22F3N3O3/c1-2-27-15-6-3-12(18(19,20)21)8-14(15)23-17(26)22-9-11-7-16(25)24(10-11)13-4-5-13/h3,6,8,11,13H,2,4-5,7,9-10H2,1H3,(H2,22,23,26)/t11-/m0/s1. The van der Waals surface area contributed by atoms with Crippen molar-refractivity contribution in [2.24, 2.45) is 5.92 Å². The van der Waals surface area contributed by atoms with Gasteiger partial charge in [-0.25, -0.2) is 4.79 Å². The van der Waals surface area contributed by atoms with Gasteiger partial charge in [-0.15, -0.1) is 0 Å². The fourth-order valence-electron chi connectivity index (χ4n) is 3.17. The lowest BCUT2D eigenvalue weighted by molar-refractivity contribution is -0.137. The highest BCUT2D eigenvalue weighted by molar-refractivity contribution is 5.91. The number of benzene rings is 1. The van der Waals surface area contributed by atoms with Crippen LogP contribution in [0.1, 0.15) is 31.7 Å². The highest BCUT2D eigenvalue weighted by Crippen LogP contribution is 2.35. The van der Waals surface area contributed by atoms with Crippen LogP contribution in [-0.2, 0) is 11.0 Å². The first kappa shape index (κ1) is 19.3. The van der Waals surface area contributed by atoms with Crippen molar-refractivity contribution in [2.75, 3.05) is 25.0 Å². The number of rotatable bonds is 6. The first-order valence-corrected chi connectivity index (χ1v) is 8.96. The molecule has 9 heteroatoms. The van der Waals surface area contributed by atoms with E-state index in [1.54, 1.807) is 6.92 Å². The summed E-state index contributed by atoms with van der Waals surface area (Å²) in [7, 11) is 0. The van der Waals surface area contributed by atoms with Gasteiger partial charge in [-0.05, 0) is 38.0 Å². The molecule has 6 nitrogen and oxygen atoms in total. The molecule has 1 aromatic rings. The SMILES string of the molecule is CCOc1ccc(C(F)(F)F)cc1NC(=O)NC[C@@H]1CC(=O)N(C2CC2)C1. The number of nitrogens with one attached hydrogen (secondary N) is 2. The number of alkyl halides is 3. The third kappa shape index (κ3) is 4.84. The normalized spacial score (nSPS) is 19.9. The minimum atomic E-state index is -4.52. The maximum absolute atomic E-state index is 12.9. The van der Waals surface area contributed by atoms with E-state index in [9.17, 15) is 22.8 Å². The number of hydrogen-bond donors (Lipinski definition) is 2. The number of carbonyl (C=O) groups is 2. The Morgan fingerprint density at radius 2 is 2.07 bits per heavy atom. The summed E-state index contributed by atoms with van der Waals surface area (Å²) in [5.74, 6) is 0.273. The summed E-state index contributed by atoms with van der Waals surface area (Å²) in [6, 6.07) is 2.65. The summed E-state index contributed by atoms with van der Waals surface area (Å²) >= 11 is 0. The molecule has 0 spiro atoms. The van der Waals surface area contributed by atoms with Crippen LogP contribution in [0.15, 0.2) is 18.2 Å². The number of nitrogens with zero attached hydrogens (tertiary/aromatic N) is 1. The van der Waals surface area contributed by atoms with E-state index >= 15 is 0 Å². The van der Waals surface area contributed by atoms with Gasteiger partial charge < -0.3 is 20.3 Å². The van der Waals surface area contributed by atoms with Gasteiger partial charge in [0.25, 0.3) is 0 Å². The summed E-state index contributed by atoms with van der Waals surface area (Å²) in [6.07, 6.45) is -2.08. The second-order valence-corrected chi connectivity index (χ2v) is 6.82. The summed E-state index contributed by atoms with van der Waals surface area (Å²) in [6.45, 7) is 2.84. The maximum Gasteiger partial charge on any atom is 0.416 e. The van der Waals surface area contributed by atoms with Crippen molar-refractivity contribution in [3.8, 4) is 5.75 Å². The largest absolute Gasteiger partial charge is 0.492 e. The average molecular weight is 385 g/mol. The van der Waals surface area contributed by atoms with E-state index in [1.165, 1.54) is 6.07 Å². The van der Waals surface area contributed by atoms with Crippen molar-refractivity contribution in [3.05, 3.63) is 23.8 Å². The average Bonchev–Trinajstić information content (AvgIpc) is 3.37. The van der Waals surface area contributed by atoms with E-state index in [0.717, 1.165) is 25.0 Å². The van der Waals surface area contributed by atoms with Gasteiger partial charge in [-0.3, -0.25) is 4.79 Å². The minimum absolute atomic E-state index is 0.0109. The lowest BCUT2D eigenvalue weighted by Gasteiger charge is -2.17. The molecule has 0 unspecified atom stereocenters. The van der Waals surface area contributed by atoms with Crippen molar-refractivity contribution >= 4 is 17.6 Å². The smallest absolute Gasteiger partial charge is 0.416 e. The molecule has 0 aromatic heterocycles. The number of hydrogen-bond acceptors (Lipinski definition) is 3. The van der Waals surface area contributed by atoms with E-state index in [4.69, 9.17) is 4.74 Å². The number of likely N-dealkylation sites (tertiary alicyclic amines) is 1. The minimum Gasteiger partial charge on any atom is -0.492 e. The van der Waals surface area contributed by atoms with Crippen LogP contribution in [0.25, 0.3) is 0 Å². The highest BCUT2D eigenvalue weighted by atomic mass is 19.4. The molecule has 148 valence electrons. The molecule has 0 bridgehead atoms. The van der Waals surface area contributed by atoms with Crippen LogP contribution in [-0.4, -0.2) is 42.6 Å². The molecule has 1 aromatic carbocycles. The van der Waals surface area contributed by atoms with Crippen molar-refractivity contribution in [3.63, 3.8) is 0 Å². The molecule has 3 amide bonds. The Labute approximate surface area is 155 Å². The van der Waals surface area contributed by atoms with Gasteiger partial charge in [0.1, 0.15) is 5.75 Å². The van der Waals surface area contributed by atoms with Crippen molar-refractivity contribution in [1.82, 2.24) is 10.2 Å². The van der Waals surface area contributed by atoms with Crippen LogP contribution < -0.4 is 15.4 Å². The Kier molecular flexibility index (Phi) is 5.48. The molecule has 2 aliphatic rings. The van der Waals surface area contributed by atoms with Crippen LogP contribution in [0.3, 0.4) is 0 Å². The van der Waals surface area contributed by atoms with E-state index in [-0.39, 0.29) is 36.4 Å². The predicted molar refractivity (Wildman–Crippen MR) is 92.5 cm³/mol. The first-order chi connectivity index (χ1) is 12.8. The van der Waals surface area contributed by atoms with Crippen LogP contribution in [0, 0.1) is 5.92 Å². The number of anilines is 1. The van der Waals surface area contributed by atoms with E-state index < -0.39 is 17.8 Å². The van der Waals surface area contributed by atoms with E-state index in [1.807, 2.05) is 4.90 Å². The third-order valence-corrected chi connectivity index (χ3v) is 4.63. The topological polar surface area (TPSA) is 70.7 Å². The molecular formula is C18H22F3N3O3. The molecular weight excluding hydrogens is 363 g/mol. The van der Waals surface area contributed by atoms with Gasteiger partial charge >= 0.3 is 12.2 Å². The molecule has 2 N–H and O–H groups in total. The Morgan fingerprint density at radius 1 is 1.33 bits per heavy atom. The quantitative estimate of drug-likeness (QED) is 0.790. The van der Waals surface area contributed by atoms with Crippen molar-refractivity contribution in [2.45, 2.75) is 38.4 Å². The van der Waals surface area contributed by atoms with Crippen LogP contribution in [0.5, 0.6) is 5.75 Å². The number of ether oxygens (including phenoxy) is 1. The van der Waals surface area contributed by atoms with Crippen molar-refractivity contribution < 1.29 is 27.5 Å². The summed E-state index contributed by atoms with van der Waals surface area (Å²) in [5, 5.41) is 5.05. The number of halogens is 3. The lowest BCUT2D eigenvalue weighted by Crippen LogP contribution is -2.34. The zero-order valence-corrected chi connectivity index (χ0v) is 14.9. The zero-order chi connectivity index (χ0) is 19.6. The zero-order valence-electron chi connectivity index (χ0n) is 14.9. The molecule has 2 fully saturated rings. The molecule has 1 heterocycles. The second-order valence-electron chi connectivity index (χ2n) is 6.82. The van der Waals surface area contributed by atoms with Crippen molar-refractivity contribution in [1.29, 1.82) is 0 Å². The third-order valence-electron chi connectivity index (χ3n) is 4.63. The fourth-order valence-corrected chi connectivity index (χ4v) is 3.17. The number of amides is 3. The molecule has 1 aliphatic heterocycles. The van der Waals surface area contributed by atoms with Gasteiger partial charge in [0, 0.05) is 31.5 Å². The van der Waals surface area contributed by atoms with Gasteiger partial charge in [0.2, 0.25) is 5.91 Å². The Hall–Kier alpha value is -2.45. The van der Waals surface area contributed by atoms with Gasteiger partial charge in [0.15, 0.2) is 0 Å². The fraction of sp³-hybridized carbons (Fsp3) is 0.556. The molecule has 0 radical (unpaired) electrons. The Bertz CT molecular complexity index is 720. The van der Waals surface area contributed by atoms with Gasteiger partial charge in [-0.2, -0.15) is 13.2 Å². The second kappa shape index (κ2) is 7.66. The molecule has 1 saturated carbocycles. The molecule has 3 rings (SSSR count). The molecule has 1 saturated heterocycles. The predicted octanol–water partition coefficient (Wildman–Crippen LogP) is 3.24. The number of carbonyl (C=O) groups excluding carboxylic acids is 2. The van der Waals surface area contributed by atoms with E-state index in [0.29, 0.717) is 19.0 Å². The summed E-state index contributed by atoms with van der Waals surface area (Å²) in [4.78, 5) is 25.9. The Balaban J connectivity index is 1.58. The van der Waals surface area contributed by atoms with Gasteiger partial charge in [-0.1, -0.05) is 0 Å². The number of urea groups is 1. The summed E-state index contributed by atoms with van der Waals surface area (Å²) in [5.41, 5.74) is -0.922. The first-order valence-electron chi connectivity index (χ1n) is 8.96. The monoisotopic (exact) mass is 385 g/mol. The maximum atomic E-state index is 12.9. The molecule has 1 aliphatic carbocycles. The molecule has 1 atom stereocenters. The molecule has 27 heavy (non-hydrogen) atoms. The van der Waals surface area contributed by atoms with E-state index in [2.05, 4.69) is 10.6 Å². The van der Waals surface area contributed by atoms with Crippen LogP contribution in [0.2, 0.25) is 0 Å². The lowest BCUT2D eigenvalue weighted by atomic mass is 10.1.